The molecule has 1 aliphatic heterocycles. The van der Waals surface area contributed by atoms with E-state index in [2.05, 4.69) is 41.5 Å². The molecule has 1 N–H and O–H groups in total. The van der Waals surface area contributed by atoms with Gasteiger partial charge in [-0.1, -0.05) is 60.3 Å². The first-order valence-electron chi connectivity index (χ1n) is 12.4. The van der Waals surface area contributed by atoms with Gasteiger partial charge in [-0.25, -0.2) is 0 Å². The Morgan fingerprint density at radius 1 is 0.919 bits per heavy atom. The second-order valence-electron chi connectivity index (χ2n) is 9.07. The van der Waals surface area contributed by atoms with Gasteiger partial charge in [0.05, 0.1) is 18.0 Å². The number of amides is 2. The summed E-state index contributed by atoms with van der Waals surface area (Å²) in [6.45, 7) is 5.05. The van der Waals surface area contributed by atoms with E-state index in [1.54, 1.807) is 12.1 Å². The van der Waals surface area contributed by atoms with Crippen LogP contribution in [0.5, 0.6) is 0 Å². The maximum atomic E-state index is 13.3. The van der Waals surface area contributed by atoms with E-state index < -0.39 is 0 Å². The molecule has 0 aliphatic carbocycles. The first kappa shape index (κ1) is 24.8. The molecule has 2 heterocycles. The molecular formula is C29H29N5O2S. The van der Waals surface area contributed by atoms with Gasteiger partial charge in [0.2, 0.25) is 5.91 Å². The average molecular weight is 512 g/mol. The predicted octanol–water partition coefficient (Wildman–Crippen LogP) is 4.89. The Kier molecular flexibility index (Phi) is 7.37. The zero-order valence-corrected chi connectivity index (χ0v) is 21.8. The molecule has 0 unspecified atom stereocenters. The van der Waals surface area contributed by atoms with Crippen LogP contribution in [0.4, 0.5) is 5.69 Å². The second kappa shape index (κ2) is 11.0. The Labute approximate surface area is 220 Å². The number of anilines is 1. The summed E-state index contributed by atoms with van der Waals surface area (Å²) < 4.78 is 1.95. The summed E-state index contributed by atoms with van der Waals surface area (Å²) in [5, 5.41) is 12.4. The molecule has 0 saturated heterocycles. The minimum absolute atomic E-state index is 0.0478. The number of nitrogens with zero attached hydrogens (tertiary/aromatic N) is 4. The number of fused-ring (bicyclic) bond motifs is 1. The summed E-state index contributed by atoms with van der Waals surface area (Å²) in [7, 11) is 0. The predicted molar refractivity (Wildman–Crippen MR) is 146 cm³/mol. The van der Waals surface area contributed by atoms with E-state index in [1.165, 1.54) is 17.3 Å². The number of benzene rings is 3. The fourth-order valence-electron chi connectivity index (χ4n) is 4.58. The van der Waals surface area contributed by atoms with Gasteiger partial charge in [0.15, 0.2) is 11.0 Å². The molecule has 7 nitrogen and oxygen atoms in total. The summed E-state index contributed by atoms with van der Waals surface area (Å²) in [6, 6.07) is 23.3. The van der Waals surface area contributed by atoms with Gasteiger partial charge >= 0.3 is 0 Å². The maximum absolute atomic E-state index is 13.3. The van der Waals surface area contributed by atoms with Crippen LogP contribution in [0.1, 0.15) is 39.3 Å². The lowest BCUT2D eigenvalue weighted by Gasteiger charge is -2.29. The zero-order chi connectivity index (χ0) is 25.8. The molecule has 1 aromatic heterocycles. The highest BCUT2D eigenvalue weighted by molar-refractivity contribution is 7.99. The number of rotatable bonds is 7. The first-order chi connectivity index (χ1) is 18.0. The Hall–Kier alpha value is -3.91. The molecule has 0 atom stereocenters. The standard InChI is InChI=1S/C29H29N5O2S/c1-20-10-8-16-24(21(20)2)34-26(18-30-28(36)23-12-4-3-5-13-23)31-32-29(34)37-19-27(35)33-17-9-14-22-11-6-7-15-25(22)33/h3-8,10-13,15-16H,9,14,17-19H2,1-2H3,(H,30,36). The van der Waals surface area contributed by atoms with Crippen molar-refractivity contribution in [2.75, 3.05) is 17.2 Å². The molecular weight excluding hydrogens is 482 g/mol. The summed E-state index contributed by atoms with van der Waals surface area (Å²) in [5.41, 5.74) is 5.97. The molecule has 2 amide bonds. The molecule has 5 rings (SSSR count). The molecule has 1 aliphatic rings. The van der Waals surface area contributed by atoms with Crippen molar-refractivity contribution in [1.82, 2.24) is 20.1 Å². The number of para-hydroxylation sites is 1. The number of thioether (sulfide) groups is 1. The lowest BCUT2D eigenvalue weighted by molar-refractivity contribution is -0.116. The van der Waals surface area contributed by atoms with Crippen molar-refractivity contribution in [3.05, 3.63) is 101 Å². The molecule has 0 saturated carbocycles. The zero-order valence-electron chi connectivity index (χ0n) is 21.0. The van der Waals surface area contributed by atoms with Gasteiger partial charge in [0.1, 0.15) is 0 Å². The molecule has 37 heavy (non-hydrogen) atoms. The van der Waals surface area contributed by atoms with Crippen molar-refractivity contribution >= 4 is 29.3 Å². The number of hydrogen-bond acceptors (Lipinski definition) is 5. The fraction of sp³-hybridized carbons (Fsp3) is 0.241. The minimum atomic E-state index is -0.177. The molecule has 0 radical (unpaired) electrons. The maximum Gasteiger partial charge on any atom is 0.251 e. The summed E-state index contributed by atoms with van der Waals surface area (Å²) in [5.74, 6) is 0.723. The van der Waals surface area contributed by atoms with Crippen LogP contribution >= 0.6 is 11.8 Å². The third-order valence-electron chi connectivity index (χ3n) is 6.70. The molecule has 0 bridgehead atoms. The highest BCUT2D eigenvalue weighted by Gasteiger charge is 2.24. The van der Waals surface area contributed by atoms with Crippen LogP contribution in [0.2, 0.25) is 0 Å². The van der Waals surface area contributed by atoms with E-state index in [9.17, 15) is 9.59 Å². The number of aryl methyl sites for hydroxylation is 2. The SMILES string of the molecule is Cc1cccc(-n2c(CNC(=O)c3ccccc3)nnc2SCC(=O)N2CCCc3ccccc32)c1C. The van der Waals surface area contributed by atoms with Crippen molar-refractivity contribution < 1.29 is 9.59 Å². The van der Waals surface area contributed by atoms with E-state index in [4.69, 9.17) is 0 Å². The van der Waals surface area contributed by atoms with E-state index in [-0.39, 0.29) is 24.1 Å². The molecule has 0 spiro atoms. The van der Waals surface area contributed by atoms with E-state index >= 15 is 0 Å². The Morgan fingerprint density at radius 3 is 2.51 bits per heavy atom. The molecule has 8 heteroatoms. The number of hydrogen-bond donors (Lipinski definition) is 1. The number of carbonyl (C=O) groups is 2. The Bertz CT molecular complexity index is 1430. The van der Waals surface area contributed by atoms with Gasteiger partial charge in [-0.15, -0.1) is 10.2 Å². The number of nitrogens with one attached hydrogen (secondary N) is 1. The highest BCUT2D eigenvalue weighted by Crippen LogP contribution is 2.29. The topological polar surface area (TPSA) is 80.1 Å². The van der Waals surface area contributed by atoms with E-state index in [0.717, 1.165) is 41.9 Å². The van der Waals surface area contributed by atoms with Gasteiger partial charge < -0.3 is 10.2 Å². The molecule has 188 valence electrons. The quantitative estimate of drug-likeness (QED) is 0.358. The van der Waals surface area contributed by atoms with Gasteiger partial charge in [-0.2, -0.15) is 0 Å². The lowest BCUT2D eigenvalue weighted by Crippen LogP contribution is -2.36. The molecule has 0 fully saturated rings. The Balaban J connectivity index is 1.39. The largest absolute Gasteiger partial charge is 0.345 e. The van der Waals surface area contributed by atoms with Crippen LogP contribution < -0.4 is 10.2 Å². The van der Waals surface area contributed by atoms with Gasteiger partial charge in [0, 0.05) is 17.8 Å². The van der Waals surface area contributed by atoms with Crippen LogP contribution in [0.25, 0.3) is 5.69 Å². The lowest BCUT2D eigenvalue weighted by atomic mass is 10.0. The van der Waals surface area contributed by atoms with E-state index in [0.29, 0.717) is 16.5 Å². The third kappa shape index (κ3) is 5.29. The fourth-order valence-corrected chi connectivity index (χ4v) is 5.42. The minimum Gasteiger partial charge on any atom is -0.345 e. The van der Waals surface area contributed by atoms with Gasteiger partial charge in [-0.3, -0.25) is 14.2 Å². The average Bonchev–Trinajstić information content (AvgIpc) is 3.34. The normalized spacial score (nSPS) is 12.8. The van der Waals surface area contributed by atoms with Crippen LogP contribution in [0, 0.1) is 13.8 Å². The van der Waals surface area contributed by atoms with Gasteiger partial charge in [-0.05, 0) is 67.6 Å². The second-order valence-corrected chi connectivity index (χ2v) is 10.0. The van der Waals surface area contributed by atoms with Crippen molar-refractivity contribution in [2.45, 2.75) is 38.4 Å². The third-order valence-corrected chi connectivity index (χ3v) is 7.61. The Morgan fingerprint density at radius 2 is 1.68 bits per heavy atom. The number of aromatic nitrogens is 3. The summed E-state index contributed by atoms with van der Waals surface area (Å²) in [4.78, 5) is 27.8. The van der Waals surface area contributed by atoms with Crippen molar-refractivity contribution in [2.24, 2.45) is 0 Å². The molecule has 3 aromatic carbocycles. The van der Waals surface area contributed by atoms with Crippen molar-refractivity contribution in [1.29, 1.82) is 0 Å². The van der Waals surface area contributed by atoms with Crippen LogP contribution in [-0.2, 0) is 17.8 Å². The first-order valence-corrected chi connectivity index (χ1v) is 13.4. The monoisotopic (exact) mass is 511 g/mol. The van der Waals surface area contributed by atoms with Crippen LogP contribution in [0.15, 0.2) is 78.0 Å². The summed E-state index contributed by atoms with van der Waals surface area (Å²) >= 11 is 1.37. The van der Waals surface area contributed by atoms with Crippen molar-refractivity contribution in [3.63, 3.8) is 0 Å². The van der Waals surface area contributed by atoms with E-state index in [1.807, 2.05) is 58.0 Å². The summed E-state index contributed by atoms with van der Waals surface area (Å²) in [6.07, 6.45) is 1.95. The highest BCUT2D eigenvalue weighted by atomic mass is 32.2. The number of carbonyl (C=O) groups excluding carboxylic acids is 2. The molecule has 4 aromatic rings. The van der Waals surface area contributed by atoms with Crippen LogP contribution in [0.3, 0.4) is 0 Å². The smallest absolute Gasteiger partial charge is 0.251 e. The van der Waals surface area contributed by atoms with Crippen molar-refractivity contribution in [3.8, 4) is 5.69 Å². The van der Waals surface area contributed by atoms with Crippen LogP contribution in [-0.4, -0.2) is 38.9 Å². The van der Waals surface area contributed by atoms with Gasteiger partial charge in [0.25, 0.3) is 5.91 Å².